The Morgan fingerprint density at radius 3 is 1.47 bits per heavy atom. The van der Waals surface area contributed by atoms with Gasteiger partial charge in [-0.1, -0.05) is 71.8 Å². The first-order valence-electron chi connectivity index (χ1n) is 20.3. The maximum absolute atomic E-state index is 10.4. The van der Waals surface area contributed by atoms with Crippen LogP contribution in [-0.2, 0) is 51.3 Å². The van der Waals surface area contributed by atoms with Crippen LogP contribution >= 0.6 is 0 Å². The third kappa shape index (κ3) is 17.3. The van der Waals surface area contributed by atoms with E-state index in [0.717, 1.165) is 80.9 Å². The van der Waals surface area contributed by atoms with Crippen LogP contribution in [0.4, 0.5) is 0 Å². The fourth-order valence-corrected chi connectivity index (χ4v) is 7.88. The van der Waals surface area contributed by atoms with Gasteiger partial charge in [0.15, 0.2) is 31.4 Å². The standard InChI is InChI=1S/C17H20N2.C16H24N2O.2C7H8O3S.2BrH/c1-18-10-6-15(7-11-18)8-12-19-13-9-16-4-2-3-5-17(16)14-19;1-18(10-12-19-13-11-18)9-8-17-7-6-15-4-2-3-5-16(15)14-17;2*1-6-2-4-7(5-3-6)11(8,9)10;;/h2-7,10-11,14H,8-9,12-13H2,1H3;2-5,14H,6-13H2,1H3;2*2-5H,1H3,(H,8,9,10);2*1H/q2*+2;;;;/p-4. The monoisotopic (exact) mass is 1010 g/mol. The van der Waals surface area contributed by atoms with Crippen LogP contribution in [0.1, 0.15) is 38.9 Å². The Balaban J connectivity index is 0.000000225. The molecule has 0 amide bonds. The summed E-state index contributed by atoms with van der Waals surface area (Å²) >= 11 is 0. The Bertz CT molecular complexity index is 2380. The highest BCUT2D eigenvalue weighted by Crippen LogP contribution is 2.14. The van der Waals surface area contributed by atoms with E-state index in [9.17, 15) is 25.9 Å². The highest BCUT2D eigenvalue weighted by Gasteiger charge is 2.27. The topological polar surface area (TPSA) is 134 Å². The van der Waals surface area contributed by atoms with Crippen LogP contribution < -0.4 is 38.5 Å². The molecule has 1 fully saturated rings. The van der Waals surface area contributed by atoms with Crippen LogP contribution in [0.3, 0.4) is 0 Å². The zero-order valence-electron chi connectivity index (χ0n) is 35.9. The Hall–Kier alpha value is -3.93. The van der Waals surface area contributed by atoms with Gasteiger partial charge in [0.25, 0.3) is 0 Å². The summed E-state index contributed by atoms with van der Waals surface area (Å²) in [5, 5.41) is 0. The van der Waals surface area contributed by atoms with Crippen molar-refractivity contribution in [3.05, 3.63) is 161 Å². The normalized spacial score (nSPS) is 14.9. The van der Waals surface area contributed by atoms with Gasteiger partial charge < -0.3 is 52.3 Å². The lowest BCUT2D eigenvalue weighted by molar-refractivity contribution is -0.923. The molecule has 11 nitrogen and oxygen atoms in total. The van der Waals surface area contributed by atoms with E-state index in [2.05, 4.69) is 113 Å². The second-order valence-electron chi connectivity index (χ2n) is 15.8. The summed E-state index contributed by atoms with van der Waals surface area (Å²) in [5.74, 6) is 0. The number of quaternary nitrogens is 1. The van der Waals surface area contributed by atoms with Crippen LogP contribution in [0.15, 0.2) is 131 Å². The lowest BCUT2D eigenvalue weighted by atomic mass is 10.0. The van der Waals surface area contributed by atoms with E-state index in [1.54, 1.807) is 24.3 Å². The lowest BCUT2D eigenvalue weighted by Crippen LogP contribution is -3.00. The largest absolute Gasteiger partial charge is 1.00 e. The number of benzene rings is 4. The lowest BCUT2D eigenvalue weighted by Gasteiger charge is -2.36. The molecule has 0 bridgehead atoms. The molecule has 8 rings (SSSR count). The van der Waals surface area contributed by atoms with Crippen molar-refractivity contribution in [2.75, 3.05) is 66.1 Å². The molecule has 334 valence electrons. The number of fused-ring (bicyclic) bond motifs is 2. The molecule has 0 spiro atoms. The average molecular weight is 1010 g/mol. The highest BCUT2D eigenvalue weighted by atomic mass is 79.9. The predicted molar refractivity (Wildman–Crippen MR) is 232 cm³/mol. The molecule has 0 atom stereocenters. The summed E-state index contributed by atoms with van der Waals surface area (Å²) in [4.78, 5) is -0.355. The van der Waals surface area contributed by atoms with E-state index in [-0.39, 0.29) is 43.8 Å². The molecular formula is C47H58Br2N4O7S2. The number of pyridine rings is 1. The third-order valence-electron chi connectivity index (χ3n) is 10.9. The molecule has 15 heteroatoms. The minimum absolute atomic E-state index is 0. The molecule has 62 heavy (non-hydrogen) atoms. The van der Waals surface area contributed by atoms with Crippen molar-refractivity contribution in [3.8, 4) is 0 Å². The Morgan fingerprint density at radius 2 is 1.03 bits per heavy atom. The zero-order chi connectivity index (χ0) is 43.2. The van der Waals surface area contributed by atoms with E-state index in [0.29, 0.717) is 0 Å². The molecule has 4 aromatic carbocycles. The molecule has 4 heterocycles. The molecule has 3 aliphatic heterocycles. The number of aryl methyl sites for hydroxylation is 3. The molecule has 3 aliphatic rings. The number of aromatic nitrogens is 1. The van der Waals surface area contributed by atoms with E-state index in [4.69, 9.17) is 4.74 Å². The molecule has 0 aliphatic carbocycles. The van der Waals surface area contributed by atoms with Gasteiger partial charge >= 0.3 is 0 Å². The van der Waals surface area contributed by atoms with Crippen molar-refractivity contribution in [2.24, 2.45) is 7.05 Å². The van der Waals surface area contributed by atoms with Crippen molar-refractivity contribution in [1.82, 2.24) is 0 Å². The molecule has 5 aromatic rings. The van der Waals surface area contributed by atoms with Crippen LogP contribution in [-0.4, -0.2) is 118 Å². The minimum atomic E-state index is -4.27. The van der Waals surface area contributed by atoms with E-state index in [1.165, 1.54) is 65.0 Å². The van der Waals surface area contributed by atoms with Gasteiger partial charge in [-0.15, -0.1) is 0 Å². The first kappa shape index (κ1) is 52.4. The van der Waals surface area contributed by atoms with Gasteiger partial charge in [-0.05, 0) is 66.9 Å². The molecule has 1 aromatic heterocycles. The molecule has 0 unspecified atom stereocenters. The third-order valence-corrected chi connectivity index (χ3v) is 12.6. The summed E-state index contributed by atoms with van der Waals surface area (Å²) < 4.78 is 76.0. The van der Waals surface area contributed by atoms with Crippen LogP contribution in [0.25, 0.3) is 0 Å². The van der Waals surface area contributed by atoms with E-state index in [1.807, 2.05) is 13.8 Å². The fourth-order valence-electron chi connectivity index (χ4n) is 6.94. The smallest absolute Gasteiger partial charge is 0.191 e. The van der Waals surface area contributed by atoms with Gasteiger partial charge in [-0.25, -0.2) is 30.6 Å². The predicted octanol–water partition coefficient (Wildman–Crippen LogP) is -1.30. The quantitative estimate of drug-likeness (QED) is 0.107. The number of hydrogen-bond acceptors (Lipinski definition) is 7. The summed E-state index contributed by atoms with van der Waals surface area (Å²) in [6, 6.07) is 33.4. The van der Waals surface area contributed by atoms with Crippen LogP contribution in [0, 0.1) is 13.8 Å². The Kier molecular flexibility index (Phi) is 21.0. The van der Waals surface area contributed by atoms with Gasteiger partial charge in [0, 0.05) is 42.5 Å². The maximum atomic E-state index is 10.4. The summed E-state index contributed by atoms with van der Waals surface area (Å²) in [6.07, 6.45) is 12.3. The van der Waals surface area contributed by atoms with Crippen molar-refractivity contribution >= 4 is 32.7 Å². The molecule has 1 saturated heterocycles. The SMILES string of the molecule is C[N+]1(CC[N+]2=Cc3ccccc3CC2)CCOCC1.C[n+]1ccc(CC[N+]2=Cc3ccccc3CC2)cc1.Cc1ccc(S(=O)(=O)[O-])cc1.Cc1ccc(S(=O)(=O)[O-])cc1.[Br-].[Br-]. The average Bonchev–Trinajstić information content (AvgIpc) is 3.23. The van der Waals surface area contributed by atoms with Crippen LogP contribution in [0.2, 0.25) is 0 Å². The molecule has 0 radical (unpaired) electrons. The number of nitrogens with zero attached hydrogens (tertiary/aromatic N) is 4. The van der Waals surface area contributed by atoms with E-state index < -0.39 is 20.2 Å². The second-order valence-corrected chi connectivity index (χ2v) is 18.5. The van der Waals surface area contributed by atoms with Gasteiger partial charge in [-0.2, -0.15) is 0 Å². The summed E-state index contributed by atoms with van der Waals surface area (Å²) in [5.41, 5.74) is 9.02. The fraction of sp³-hybridized carbons (Fsp3) is 0.340. The highest BCUT2D eigenvalue weighted by molar-refractivity contribution is 7.86. The van der Waals surface area contributed by atoms with Crippen molar-refractivity contribution in [1.29, 1.82) is 0 Å². The van der Waals surface area contributed by atoms with Gasteiger partial charge in [-0.3, -0.25) is 0 Å². The van der Waals surface area contributed by atoms with Crippen molar-refractivity contribution in [2.45, 2.75) is 42.9 Å². The van der Waals surface area contributed by atoms with E-state index >= 15 is 0 Å². The zero-order valence-corrected chi connectivity index (χ0v) is 40.7. The first-order chi connectivity index (χ1) is 28.6. The first-order valence-corrected chi connectivity index (χ1v) is 23.1. The molecular weight excluding hydrogens is 956 g/mol. The van der Waals surface area contributed by atoms with Gasteiger partial charge in [0.1, 0.15) is 66.6 Å². The summed E-state index contributed by atoms with van der Waals surface area (Å²) in [6.45, 7) is 13.6. The number of rotatable bonds is 8. The van der Waals surface area contributed by atoms with Crippen molar-refractivity contribution in [3.63, 3.8) is 0 Å². The maximum Gasteiger partial charge on any atom is 0.191 e. The number of morpholine rings is 1. The number of ether oxygens (including phenoxy) is 1. The van der Waals surface area contributed by atoms with Crippen LogP contribution in [0.5, 0.6) is 0 Å². The Morgan fingerprint density at radius 1 is 0.613 bits per heavy atom. The van der Waals surface area contributed by atoms with Crippen molar-refractivity contribution < 1.29 is 82.8 Å². The Labute approximate surface area is 389 Å². The molecule has 0 N–H and O–H groups in total. The van der Waals surface area contributed by atoms with Gasteiger partial charge in [0.05, 0.1) is 30.1 Å². The molecule has 0 saturated carbocycles. The number of likely N-dealkylation sites (N-methyl/N-ethyl adjacent to an activating group) is 1. The number of halogens is 2. The minimum Gasteiger partial charge on any atom is -1.00 e. The van der Waals surface area contributed by atoms with Gasteiger partial charge in [0.2, 0.25) is 0 Å². The number of hydrogen-bond donors (Lipinski definition) is 0. The second kappa shape index (κ2) is 24.8. The summed E-state index contributed by atoms with van der Waals surface area (Å²) in [7, 11) is -4.12.